The molecule has 0 saturated heterocycles. The molecule has 0 spiro atoms. The summed E-state index contributed by atoms with van der Waals surface area (Å²) in [6, 6.07) is 7.61. The molecular weight excluding hydrogens is 586 g/mol. The Bertz CT molecular complexity index is 1370. The van der Waals surface area contributed by atoms with Gasteiger partial charge in [-0.3, -0.25) is 4.79 Å². The van der Waals surface area contributed by atoms with Crippen LogP contribution in [0.3, 0.4) is 0 Å². The summed E-state index contributed by atoms with van der Waals surface area (Å²) in [6.45, 7) is 1.26. The molecule has 2 aromatic carbocycles. The molecule has 0 aliphatic heterocycles. The number of aromatic nitrogens is 1. The average molecular weight is 605 g/mol. The van der Waals surface area contributed by atoms with E-state index in [4.69, 9.17) is 10.9 Å². The van der Waals surface area contributed by atoms with E-state index >= 15 is 4.39 Å². The van der Waals surface area contributed by atoms with Crippen molar-refractivity contribution in [1.29, 1.82) is 0 Å². The Morgan fingerprint density at radius 2 is 1.79 bits per heavy atom. The number of carbonyl (C=O) groups is 1. The number of nitrogens with one attached hydrogen (secondary N) is 1. The van der Waals surface area contributed by atoms with Crippen molar-refractivity contribution in [2.24, 2.45) is 10.9 Å². The van der Waals surface area contributed by atoms with Crippen molar-refractivity contribution in [1.82, 2.24) is 4.98 Å². The molecule has 34 heavy (non-hydrogen) atoms. The maximum absolute atomic E-state index is 15.1. The number of nitrogens with zero attached hydrogens (tertiary/aromatic N) is 2. The molecule has 0 unspecified atom stereocenters. The van der Waals surface area contributed by atoms with Crippen molar-refractivity contribution < 1.29 is 26.4 Å². The van der Waals surface area contributed by atoms with E-state index in [1.54, 1.807) is 6.07 Å². The van der Waals surface area contributed by atoms with Crippen LogP contribution < -0.4 is 20.5 Å². The van der Waals surface area contributed by atoms with Crippen molar-refractivity contribution in [3.05, 3.63) is 80.3 Å². The van der Waals surface area contributed by atoms with Gasteiger partial charge in [0, 0.05) is 22.7 Å². The fourth-order valence-corrected chi connectivity index (χ4v) is 4.42. The standard InChI is InChI=1S/C21H19F3IN5O3S/c1-2-30(34(27,32)33)21-19(24)11(5-6-28-21)7-12-8-14(20(26)31)18(10-15(12)22)29-17-4-3-13(25)9-16(17)23/h3-6,8-10,29H,2,7H2,1H3,(H2,26,31)(H2,27,32,33). The second kappa shape index (κ2) is 10.1. The molecule has 180 valence electrons. The fraction of sp³-hybridized carbons (Fsp3) is 0.143. The normalized spacial score (nSPS) is 11.4. The average Bonchev–Trinajstić information content (AvgIpc) is 2.73. The number of carbonyl (C=O) groups excluding carboxylic acids is 1. The highest BCUT2D eigenvalue weighted by Gasteiger charge is 2.24. The number of primary amides is 1. The highest BCUT2D eigenvalue weighted by molar-refractivity contribution is 14.1. The number of amides is 1. The quantitative estimate of drug-likeness (QED) is 0.338. The van der Waals surface area contributed by atoms with E-state index in [1.807, 2.05) is 22.6 Å². The van der Waals surface area contributed by atoms with Crippen LogP contribution in [0.15, 0.2) is 42.6 Å². The van der Waals surface area contributed by atoms with Gasteiger partial charge in [0.05, 0.1) is 16.9 Å². The molecule has 3 rings (SSSR count). The summed E-state index contributed by atoms with van der Waals surface area (Å²) in [5.41, 5.74) is 5.02. The van der Waals surface area contributed by atoms with Gasteiger partial charge in [0.25, 0.3) is 16.1 Å². The van der Waals surface area contributed by atoms with Gasteiger partial charge in [-0.25, -0.2) is 27.6 Å². The summed E-state index contributed by atoms with van der Waals surface area (Å²) < 4.78 is 68.9. The number of nitrogens with two attached hydrogens (primary N) is 2. The third kappa shape index (κ3) is 5.59. The van der Waals surface area contributed by atoms with E-state index in [1.165, 1.54) is 25.1 Å². The van der Waals surface area contributed by atoms with Crippen molar-refractivity contribution in [3.8, 4) is 0 Å². The van der Waals surface area contributed by atoms with E-state index in [9.17, 15) is 22.0 Å². The minimum atomic E-state index is -4.29. The molecular formula is C21H19F3IN5O3S. The fourth-order valence-electron chi connectivity index (χ4n) is 3.23. The largest absolute Gasteiger partial charge is 0.366 e. The van der Waals surface area contributed by atoms with E-state index in [0.717, 1.165) is 18.3 Å². The maximum Gasteiger partial charge on any atom is 0.300 e. The number of anilines is 3. The lowest BCUT2D eigenvalue weighted by Gasteiger charge is -2.20. The lowest BCUT2D eigenvalue weighted by atomic mass is 10.0. The van der Waals surface area contributed by atoms with Crippen LogP contribution in [0.1, 0.15) is 28.4 Å². The van der Waals surface area contributed by atoms with Crippen LogP contribution in [0, 0.1) is 21.0 Å². The molecule has 5 N–H and O–H groups in total. The monoisotopic (exact) mass is 605 g/mol. The van der Waals surface area contributed by atoms with E-state index in [2.05, 4.69) is 10.3 Å². The predicted molar refractivity (Wildman–Crippen MR) is 130 cm³/mol. The summed E-state index contributed by atoms with van der Waals surface area (Å²) in [5.74, 6) is -3.91. The zero-order valence-corrected chi connectivity index (χ0v) is 20.6. The second-order valence-electron chi connectivity index (χ2n) is 7.10. The molecule has 0 saturated carbocycles. The van der Waals surface area contributed by atoms with Gasteiger partial charge in [-0.15, -0.1) is 0 Å². The summed E-state index contributed by atoms with van der Waals surface area (Å²) in [4.78, 5) is 15.8. The number of pyridine rings is 1. The molecule has 0 bridgehead atoms. The minimum absolute atomic E-state index is 0.00235. The zero-order valence-electron chi connectivity index (χ0n) is 17.6. The molecule has 0 aliphatic rings. The molecule has 1 amide bonds. The topological polar surface area (TPSA) is 131 Å². The molecule has 0 radical (unpaired) electrons. The zero-order chi connectivity index (χ0) is 25.2. The Labute approximate surface area is 207 Å². The van der Waals surface area contributed by atoms with Crippen molar-refractivity contribution in [3.63, 3.8) is 0 Å². The van der Waals surface area contributed by atoms with Gasteiger partial charge < -0.3 is 11.1 Å². The highest BCUT2D eigenvalue weighted by Crippen LogP contribution is 2.29. The highest BCUT2D eigenvalue weighted by atomic mass is 127. The lowest BCUT2D eigenvalue weighted by molar-refractivity contribution is 0.100. The van der Waals surface area contributed by atoms with Gasteiger partial charge in [0.1, 0.15) is 11.6 Å². The van der Waals surface area contributed by atoms with E-state index in [0.29, 0.717) is 7.88 Å². The lowest BCUT2D eigenvalue weighted by Crippen LogP contribution is -2.37. The third-order valence-electron chi connectivity index (χ3n) is 4.81. The molecule has 0 fully saturated rings. The van der Waals surface area contributed by atoms with Crippen molar-refractivity contribution in [2.75, 3.05) is 16.2 Å². The first-order valence-corrected chi connectivity index (χ1v) is 12.3. The maximum atomic E-state index is 15.1. The SMILES string of the molecule is CCN(c1nccc(Cc2cc(C(N)=O)c(Nc3ccc(I)cc3F)cc2F)c1F)S(N)(=O)=O. The van der Waals surface area contributed by atoms with Crippen LogP contribution >= 0.6 is 22.6 Å². The van der Waals surface area contributed by atoms with Crippen LogP contribution in [0.4, 0.5) is 30.4 Å². The summed E-state index contributed by atoms with van der Waals surface area (Å²) in [5, 5.41) is 7.77. The number of hydrogen-bond donors (Lipinski definition) is 3. The van der Waals surface area contributed by atoms with Crippen LogP contribution in [0.5, 0.6) is 0 Å². The van der Waals surface area contributed by atoms with Crippen LogP contribution in [-0.4, -0.2) is 25.9 Å². The van der Waals surface area contributed by atoms with Crippen molar-refractivity contribution in [2.45, 2.75) is 13.3 Å². The summed E-state index contributed by atoms with van der Waals surface area (Å²) >= 11 is 1.93. The van der Waals surface area contributed by atoms with Gasteiger partial charge in [-0.1, -0.05) is 0 Å². The number of halogens is 4. The van der Waals surface area contributed by atoms with Gasteiger partial charge >= 0.3 is 0 Å². The Balaban J connectivity index is 2.01. The molecule has 8 nitrogen and oxygen atoms in total. The van der Waals surface area contributed by atoms with E-state index in [-0.39, 0.29) is 41.0 Å². The summed E-state index contributed by atoms with van der Waals surface area (Å²) in [6.07, 6.45) is 0.803. The second-order valence-corrected chi connectivity index (χ2v) is 9.81. The van der Waals surface area contributed by atoms with Gasteiger partial charge in [-0.05, 0) is 77.0 Å². The first-order chi connectivity index (χ1) is 15.9. The summed E-state index contributed by atoms with van der Waals surface area (Å²) in [7, 11) is -4.29. The Hall–Kier alpha value is -2.91. The Morgan fingerprint density at radius 1 is 1.09 bits per heavy atom. The Morgan fingerprint density at radius 3 is 2.38 bits per heavy atom. The first-order valence-electron chi connectivity index (χ1n) is 9.70. The molecule has 3 aromatic rings. The molecule has 0 aliphatic carbocycles. The number of benzene rings is 2. The van der Waals surface area contributed by atoms with Crippen LogP contribution in [0.2, 0.25) is 0 Å². The Kier molecular flexibility index (Phi) is 7.67. The van der Waals surface area contributed by atoms with Crippen LogP contribution in [0.25, 0.3) is 0 Å². The molecule has 13 heteroatoms. The smallest absolute Gasteiger partial charge is 0.300 e. The van der Waals surface area contributed by atoms with Crippen molar-refractivity contribution >= 4 is 55.9 Å². The predicted octanol–water partition coefficient (Wildman–Crippen LogP) is 3.57. The van der Waals surface area contributed by atoms with Crippen LogP contribution in [-0.2, 0) is 16.6 Å². The molecule has 1 aromatic heterocycles. The third-order valence-corrected chi connectivity index (χ3v) is 6.53. The molecule has 0 atom stereocenters. The van der Waals surface area contributed by atoms with Gasteiger partial charge in [0.2, 0.25) is 0 Å². The molecule has 1 heterocycles. The van der Waals surface area contributed by atoms with Gasteiger partial charge in [-0.2, -0.15) is 8.42 Å². The van der Waals surface area contributed by atoms with E-state index < -0.39 is 39.4 Å². The minimum Gasteiger partial charge on any atom is -0.366 e. The van der Waals surface area contributed by atoms with Gasteiger partial charge in [0.15, 0.2) is 11.6 Å². The number of rotatable bonds is 8. The first kappa shape index (κ1) is 25.7. The number of hydrogen-bond acceptors (Lipinski definition) is 5.